The number of benzene rings is 2. The van der Waals surface area contributed by atoms with Crippen LogP contribution in [-0.4, -0.2) is 0 Å². The molecule has 0 atom stereocenters. The molecule has 3 rings (SSSR count). The molecule has 1 aliphatic carbocycles. The van der Waals surface area contributed by atoms with Crippen molar-refractivity contribution in [2.45, 2.75) is 26.7 Å². The number of hydrogen-bond acceptors (Lipinski definition) is 0. The third-order valence-electron chi connectivity index (χ3n) is 3.74. The van der Waals surface area contributed by atoms with Gasteiger partial charge < -0.3 is 0 Å². The zero-order valence-corrected chi connectivity index (χ0v) is 9.88. The Kier molecular flexibility index (Phi) is 2.10. The second kappa shape index (κ2) is 3.48. The van der Waals surface area contributed by atoms with E-state index < -0.39 is 0 Å². The molecule has 2 aromatic rings. The van der Waals surface area contributed by atoms with Gasteiger partial charge in [0.2, 0.25) is 0 Å². The number of aryl methyl sites for hydroxylation is 2. The van der Waals surface area contributed by atoms with E-state index in [1.165, 1.54) is 35.1 Å². The van der Waals surface area contributed by atoms with Gasteiger partial charge in [-0.25, -0.2) is 0 Å². The van der Waals surface area contributed by atoms with E-state index in [2.05, 4.69) is 50.2 Å². The van der Waals surface area contributed by atoms with Gasteiger partial charge in [-0.05, 0) is 60.1 Å². The molecule has 0 aromatic heterocycles. The largest absolute Gasteiger partial charge is 0.0614 e. The summed E-state index contributed by atoms with van der Waals surface area (Å²) in [6, 6.07) is 13.3. The molecule has 0 amide bonds. The van der Waals surface area contributed by atoms with Gasteiger partial charge in [-0.3, -0.25) is 0 Å². The Labute approximate surface area is 96.9 Å². The maximum Gasteiger partial charge on any atom is -0.0146 e. The lowest BCUT2D eigenvalue weighted by Crippen LogP contribution is -2.07. The Morgan fingerprint density at radius 2 is 1.12 bits per heavy atom. The molecule has 2 aromatic carbocycles. The van der Waals surface area contributed by atoms with Gasteiger partial charge in [0.25, 0.3) is 0 Å². The second-order valence-electron chi connectivity index (χ2n) is 4.70. The summed E-state index contributed by atoms with van der Waals surface area (Å²) < 4.78 is 0. The van der Waals surface area contributed by atoms with Crippen LogP contribution < -0.4 is 0 Å². The van der Waals surface area contributed by atoms with Crippen molar-refractivity contribution in [3.63, 3.8) is 0 Å². The lowest BCUT2D eigenvalue weighted by atomic mass is 9.82. The van der Waals surface area contributed by atoms with Gasteiger partial charge in [-0.15, -0.1) is 0 Å². The van der Waals surface area contributed by atoms with Crippen LogP contribution in [0.3, 0.4) is 0 Å². The van der Waals surface area contributed by atoms with Gasteiger partial charge >= 0.3 is 0 Å². The highest BCUT2D eigenvalue weighted by atomic mass is 14.2. The fourth-order valence-electron chi connectivity index (χ4n) is 2.82. The predicted molar refractivity (Wildman–Crippen MR) is 68.8 cm³/mol. The monoisotopic (exact) mass is 208 g/mol. The van der Waals surface area contributed by atoms with Crippen LogP contribution in [-0.2, 0) is 12.8 Å². The van der Waals surface area contributed by atoms with Crippen molar-refractivity contribution in [2.75, 3.05) is 0 Å². The first-order chi connectivity index (χ1) is 7.77. The van der Waals surface area contributed by atoms with E-state index in [1.54, 1.807) is 11.1 Å². The topological polar surface area (TPSA) is 0 Å². The van der Waals surface area contributed by atoms with Gasteiger partial charge in [0.15, 0.2) is 0 Å². The van der Waals surface area contributed by atoms with Crippen molar-refractivity contribution in [3.05, 3.63) is 58.7 Å². The van der Waals surface area contributed by atoms with Crippen molar-refractivity contribution >= 4 is 0 Å². The zero-order chi connectivity index (χ0) is 11.1. The minimum Gasteiger partial charge on any atom is -0.0614 e. The first kappa shape index (κ1) is 9.65. The van der Waals surface area contributed by atoms with Crippen molar-refractivity contribution in [2.24, 2.45) is 0 Å². The van der Waals surface area contributed by atoms with Crippen molar-refractivity contribution in [3.8, 4) is 11.1 Å². The minimum atomic E-state index is 1.19. The number of rotatable bonds is 0. The standard InChI is InChI=1S/C16H16/c1-11-5-3-7-15-13(11)9-10-14-12(2)6-4-8-16(14)15/h3-8H,9-10H2,1-2H3. The molecule has 0 bridgehead atoms. The van der Waals surface area contributed by atoms with Crippen molar-refractivity contribution < 1.29 is 0 Å². The number of hydrogen-bond donors (Lipinski definition) is 0. The summed E-state index contributed by atoms with van der Waals surface area (Å²) in [5.74, 6) is 0. The molecule has 0 spiro atoms. The molecular weight excluding hydrogens is 192 g/mol. The van der Waals surface area contributed by atoms with Crippen LogP contribution in [0.15, 0.2) is 36.4 Å². The highest BCUT2D eigenvalue weighted by molar-refractivity contribution is 5.75. The lowest BCUT2D eigenvalue weighted by Gasteiger charge is -2.22. The van der Waals surface area contributed by atoms with Crippen LogP contribution >= 0.6 is 0 Å². The lowest BCUT2D eigenvalue weighted by molar-refractivity contribution is 0.921. The van der Waals surface area contributed by atoms with E-state index in [4.69, 9.17) is 0 Å². The Bertz CT molecular complexity index is 498. The van der Waals surface area contributed by atoms with Crippen molar-refractivity contribution in [1.29, 1.82) is 0 Å². The molecule has 16 heavy (non-hydrogen) atoms. The first-order valence-corrected chi connectivity index (χ1v) is 5.95. The summed E-state index contributed by atoms with van der Waals surface area (Å²) in [7, 11) is 0. The third-order valence-corrected chi connectivity index (χ3v) is 3.74. The molecule has 0 saturated heterocycles. The first-order valence-electron chi connectivity index (χ1n) is 5.95. The van der Waals surface area contributed by atoms with Crippen LogP contribution in [0.4, 0.5) is 0 Å². The highest BCUT2D eigenvalue weighted by Crippen LogP contribution is 2.36. The van der Waals surface area contributed by atoms with Gasteiger partial charge in [0.1, 0.15) is 0 Å². The molecule has 1 aliphatic rings. The maximum absolute atomic E-state index is 2.26. The van der Waals surface area contributed by atoms with E-state index in [-0.39, 0.29) is 0 Å². The zero-order valence-electron chi connectivity index (χ0n) is 9.88. The summed E-state index contributed by atoms with van der Waals surface area (Å²) in [5.41, 5.74) is 8.85. The van der Waals surface area contributed by atoms with Crippen molar-refractivity contribution in [1.82, 2.24) is 0 Å². The molecular formula is C16H16. The van der Waals surface area contributed by atoms with Crippen LogP contribution in [0.2, 0.25) is 0 Å². The van der Waals surface area contributed by atoms with Crippen LogP contribution in [0.25, 0.3) is 11.1 Å². The maximum atomic E-state index is 2.26. The molecule has 0 heteroatoms. The van der Waals surface area contributed by atoms with E-state index >= 15 is 0 Å². The van der Waals surface area contributed by atoms with Gasteiger partial charge in [-0.1, -0.05) is 36.4 Å². The summed E-state index contributed by atoms with van der Waals surface area (Å²) in [6.07, 6.45) is 2.39. The summed E-state index contributed by atoms with van der Waals surface area (Å²) in [5, 5.41) is 0. The molecule has 0 unspecified atom stereocenters. The summed E-state index contributed by atoms with van der Waals surface area (Å²) >= 11 is 0. The highest BCUT2D eigenvalue weighted by Gasteiger charge is 2.17. The van der Waals surface area contributed by atoms with E-state index in [0.29, 0.717) is 0 Å². The molecule has 0 fully saturated rings. The Balaban J connectivity index is 2.32. The van der Waals surface area contributed by atoms with Crippen LogP contribution in [0.5, 0.6) is 0 Å². The van der Waals surface area contributed by atoms with Gasteiger partial charge in [0, 0.05) is 0 Å². The Morgan fingerprint density at radius 1 is 0.688 bits per heavy atom. The van der Waals surface area contributed by atoms with E-state index in [9.17, 15) is 0 Å². The van der Waals surface area contributed by atoms with E-state index in [0.717, 1.165) is 0 Å². The molecule has 0 radical (unpaired) electrons. The smallest absolute Gasteiger partial charge is 0.0146 e. The number of fused-ring (bicyclic) bond motifs is 3. The van der Waals surface area contributed by atoms with Crippen LogP contribution in [0, 0.1) is 13.8 Å². The van der Waals surface area contributed by atoms with Gasteiger partial charge in [-0.2, -0.15) is 0 Å². The summed E-state index contributed by atoms with van der Waals surface area (Å²) in [4.78, 5) is 0. The van der Waals surface area contributed by atoms with E-state index in [1.807, 2.05) is 0 Å². The molecule has 80 valence electrons. The predicted octanol–water partition coefficient (Wildman–Crippen LogP) is 4.07. The fraction of sp³-hybridized carbons (Fsp3) is 0.250. The summed E-state index contributed by atoms with van der Waals surface area (Å²) in [6.45, 7) is 4.44. The molecule has 0 nitrogen and oxygen atoms in total. The fourth-order valence-corrected chi connectivity index (χ4v) is 2.82. The second-order valence-corrected chi connectivity index (χ2v) is 4.70. The minimum absolute atomic E-state index is 1.19. The Morgan fingerprint density at radius 3 is 1.56 bits per heavy atom. The molecule has 0 aliphatic heterocycles. The average Bonchev–Trinajstić information content (AvgIpc) is 2.30. The third kappa shape index (κ3) is 1.30. The quantitative estimate of drug-likeness (QED) is 0.612. The molecule has 0 N–H and O–H groups in total. The van der Waals surface area contributed by atoms with Gasteiger partial charge in [0.05, 0.1) is 0 Å². The van der Waals surface area contributed by atoms with Crippen LogP contribution in [0.1, 0.15) is 22.3 Å². The Hall–Kier alpha value is -1.56. The average molecular weight is 208 g/mol. The molecule has 0 heterocycles. The normalized spacial score (nSPS) is 13.1. The SMILES string of the molecule is Cc1cccc2c1CCc1c(C)cccc1-2. The molecule has 0 saturated carbocycles.